The number of hydrogen-bond donors (Lipinski definition) is 2. The predicted octanol–water partition coefficient (Wildman–Crippen LogP) is 2.02. The number of carbonyl (C=O) groups excluding carboxylic acids is 1. The van der Waals surface area contributed by atoms with E-state index < -0.39 is 0 Å². The Morgan fingerprint density at radius 3 is 2.94 bits per heavy atom. The third kappa shape index (κ3) is 2.14. The zero-order valence-corrected chi connectivity index (χ0v) is 9.97. The molecule has 0 unspecified atom stereocenters. The second-order valence-corrected chi connectivity index (χ2v) is 4.92. The zero-order valence-electron chi connectivity index (χ0n) is 9.15. The Morgan fingerprint density at radius 1 is 1.50 bits per heavy atom. The first-order chi connectivity index (χ1) is 7.56. The largest absolute Gasteiger partial charge is 0.375 e. The highest BCUT2D eigenvalue weighted by atomic mass is 32.1. The molecule has 16 heavy (non-hydrogen) atoms. The molecular formula is C11H13N3OS. The molecule has 0 bridgehead atoms. The minimum absolute atomic E-state index is 0.0659. The van der Waals surface area contributed by atoms with Crippen LogP contribution in [0.2, 0.25) is 0 Å². The average molecular weight is 235 g/mol. The number of carbonyl (C=O) groups is 1. The highest BCUT2D eigenvalue weighted by Gasteiger charge is 2.09. The van der Waals surface area contributed by atoms with Crippen molar-refractivity contribution in [2.75, 3.05) is 5.73 Å². The van der Waals surface area contributed by atoms with Crippen molar-refractivity contribution < 1.29 is 4.79 Å². The first-order valence-electron chi connectivity index (χ1n) is 5.03. The Bertz CT molecular complexity index is 533. The van der Waals surface area contributed by atoms with Crippen LogP contribution in [0.3, 0.4) is 0 Å². The molecule has 1 amide bonds. The number of benzene rings is 1. The second-order valence-electron chi connectivity index (χ2n) is 3.86. The van der Waals surface area contributed by atoms with Crippen LogP contribution in [0.4, 0.5) is 5.13 Å². The number of nitrogens with two attached hydrogens (primary N) is 1. The van der Waals surface area contributed by atoms with Gasteiger partial charge < -0.3 is 11.1 Å². The van der Waals surface area contributed by atoms with E-state index >= 15 is 0 Å². The summed E-state index contributed by atoms with van der Waals surface area (Å²) >= 11 is 1.39. The lowest BCUT2D eigenvalue weighted by molar-refractivity contribution is 0.0943. The van der Waals surface area contributed by atoms with Crippen molar-refractivity contribution in [2.45, 2.75) is 19.9 Å². The van der Waals surface area contributed by atoms with Crippen molar-refractivity contribution in [1.82, 2.24) is 10.3 Å². The van der Waals surface area contributed by atoms with Crippen LogP contribution >= 0.6 is 11.3 Å². The van der Waals surface area contributed by atoms with Gasteiger partial charge in [-0.3, -0.25) is 4.79 Å². The van der Waals surface area contributed by atoms with Crippen molar-refractivity contribution in [3.8, 4) is 0 Å². The van der Waals surface area contributed by atoms with Crippen LogP contribution < -0.4 is 11.1 Å². The summed E-state index contributed by atoms with van der Waals surface area (Å²) in [6.45, 7) is 3.86. The maximum absolute atomic E-state index is 11.7. The van der Waals surface area contributed by atoms with Crippen LogP contribution in [0.25, 0.3) is 10.2 Å². The smallest absolute Gasteiger partial charge is 0.251 e. The van der Waals surface area contributed by atoms with Crippen molar-refractivity contribution in [3.05, 3.63) is 23.8 Å². The summed E-state index contributed by atoms with van der Waals surface area (Å²) in [6, 6.07) is 5.53. The highest BCUT2D eigenvalue weighted by Crippen LogP contribution is 2.24. The van der Waals surface area contributed by atoms with Gasteiger partial charge in [-0.15, -0.1) is 0 Å². The van der Waals surface area contributed by atoms with Crippen molar-refractivity contribution >= 4 is 32.6 Å². The van der Waals surface area contributed by atoms with Crippen molar-refractivity contribution in [3.63, 3.8) is 0 Å². The maximum Gasteiger partial charge on any atom is 0.251 e. The van der Waals surface area contributed by atoms with Gasteiger partial charge in [0.25, 0.3) is 5.91 Å². The number of thiazole rings is 1. The van der Waals surface area contributed by atoms with Crippen LogP contribution in [0.15, 0.2) is 18.2 Å². The fourth-order valence-corrected chi connectivity index (χ4v) is 2.20. The van der Waals surface area contributed by atoms with Gasteiger partial charge in [0.1, 0.15) is 0 Å². The van der Waals surface area contributed by atoms with Crippen LogP contribution in [-0.2, 0) is 0 Å². The molecular weight excluding hydrogens is 222 g/mol. The molecule has 0 saturated carbocycles. The van der Waals surface area contributed by atoms with E-state index in [9.17, 15) is 4.79 Å². The van der Waals surface area contributed by atoms with Gasteiger partial charge in [-0.25, -0.2) is 4.98 Å². The molecule has 0 saturated heterocycles. The lowest BCUT2D eigenvalue weighted by atomic mass is 10.2. The lowest BCUT2D eigenvalue weighted by Gasteiger charge is -2.07. The van der Waals surface area contributed by atoms with Crippen LogP contribution in [-0.4, -0.2) is 16.9 Å². The molecule has 1 aromatic heterocycles. The topological polar surface area (TPSA) is 68.0 Å². The predicted molar refractivity (Wildman–Crippen MR) is 66.6 cm³/mol. The molecule has 0 aliphatic rings. The van der Waals surface area contributed by atoms with E-state index in [4.69, 9.17) is 5.73 Å². The number of nitrogen functional groups attached to an aromatic ring is 1. The number of nitrogens with zero attached hydrogens (tertiary/aromatic N) is 1. The molecule has 0 spiro atoms. The third-order valence-corrected chi connectivity index (χ3v) is 2.93. The van der Waals surface area contributed by atoms with Gasteiger partial charge in [0, 0.05) is 11.6 Å². The minimum Gasteiger partial charge on any atom is -0.375 e. The van der Waals surface area contributed by atoms with E-state index in [0.717, 1.165) is 10.2 Å². The molecule has 0 fully saturated rings. The van der Waals surface area contributed by atoms with Gasteiger partial charge in [0.2, 0.25) is 0 Å². The van der Waals surface area contributed by atoms with E-state index in [-0.39, 0.29) is 11.9 Å². The molecule has 2 aromatic rings. The summed E-state index contributed by atoms with van der Waals surface area (Å²) in [7, 11) is 0. The zero-order chi connectivity index (χ0) is 11.7. The van der Waals surface area contributed by atoms with Crippen molar-refractivity contribution in [2.24, 2.45) is 0 Å². The molecule has 5 heteroatoms. The molecule has 0 radical (unpaired) electrons. The average Bonchev–Trinajstić information content (AvgIpc) is 2.55. The van der Waals surface area contributed by atoms with E-state index in [2.05, 4.69) is 10.3 Å². The third-order valence-electron chi connectivity index (χ3n) is 2.09. The Kier molecular flexibility index (Phi) is 2.78. The lowest BCUT2D eigenvalue weighted by Crippen LogP contribution is -2.29. The number of aromatic nitrogens is 1. The number of fused-ring (bicyclic) bond motifs is 1. The molecule has 1 heterocycles. The normalized spacial score (nSPS) is 10.9. The standard InChI is InChI=1S/C11H13N3OS/c1-6(2)13-10(15)7-3-4-8-9(5-7)16-11(12)14-8/h3-6H,1-2H3,(H2,12,14)(H,13,15). The molecule has 0 atom stereocenters. The molecule has 0 aliphatic carbocycles. The fourth-order valence-electron chi connectivity index (χ4n) is 1.43. The molecule has 2 rings (SSSR count). The Morgan fingerprint density at radius 2 is 2.25 bits per heavy atom. The first-order valence-corrected chi connectivity index (χ1v) is 5.85. The SMILES string of the molecule is CC(C)NC(=O)c1ccc2nc(N)sc2c1. The van der Waals surface area contributed by atoms with Gasteiger partial charge in [-0.2, -0.15) is 0 Å². The van der Waals surface area contributed by atoms with Crippen LogP contribution in [0.1, 0.15) is 24.2 Å². The summed E-state index contributed by atoms with van der Waals surface area (Å²) in [5, 5.41) is 3.37. The van der Waals surface area contributed by atoms with Crippen LogP contribution in [0, 0.1) is 0 Å². The quantitative estimate of drug-likeness (QED) is 0.836. The number of hydrogen-bond acceptors (Lipinski definition) is 4. The van der Waals surface area contributed by atoms with E-state index in [1.165, 1.54) is 11.3 Å². The summed E-state index contributed by atoms with van der Waals surface area (Å²) in [5.74, 6) is -0.0659. The summed E-state index contributed by atoms with van der Waals surface area (Å²) in [4.78, 5) is 15.9. The molecule has 0 aliphatic heterocycles. The Labute approximate surface area is 97.5 Å². The monoisotopic (exact) mass is 235 g/mol. The van der Waals surface area contributed by atoms with Gasteiger partial charge in [0.05, 0.1) is 10.2 Å². The number of rotatable bonds is 2. The summed E-state index contributed by atoms with van der Waals surface area (Å²) in [6.07, 6.45) is 0. The summed E-state index contributed by atoms with van der Waals surface area (Å²) in [5.41, 5.74) is 7.08. The van der Waals surface area contributed by atoms with Gasteiger partial charge >= 0.3 is 0 Å². The number of nitrogens with one attached hydrogen (secondary N) is 1. The van der Waals surface area contributed by atoms with Gasteiger partial charge in [-0.1, -0.05) is 11.3 Å². The number of anilines is 1. The number of amides is 1. The fraction of sp³-hybridized carbons (Fsp3) is 0.273. The first kappa shape index (κ1) is 10.9. The molecule has 4 nitrogen and oxygen atoms in total. The van der Waals surface area contributed by atoms with Crippen LogP contribution in [0.5, 0.6) is 0 Å². The molecule has 3 N–H and O–H groups in total. The van der Waals surface area contributed by atoms with Crippen molar-refractivity contribution in [1.29, 1.82) is 0 Å². The summed E-state index contributed by atoms with van der Waals surface area (Å²) < 4.78 is 0.939. The minimum atomic E-state index is -0.0659. The highest BCUT2D eigenvalue weighted by molar-refractivity contribution is 7.22. The Hall–Kier alpha value is -1.62. The van der Waals surface area contributed by atoms with E-state index in [1.807, 2.05) is 26.0 Å². The maximum atomic E-state index is 11.7. The van der Waals surface area contributed by atoms with Gasteiger partial charge in [0.15, 0.2) is 5.13 Å². The Balaban J connectivity index is 2.35. The van der Waals surface area contributed by atoms with E-state index in [1.54, 1.807) is 6.07 Å². The molecule has 84 valence electrons. The van der Waals surface area contributed by atoms with Gasteiger partial charge in [-0.05, 0) is 32.0 Å². The van der Waals surface area contributed by atoms with E-state index in [0.29, 0.717) is 10.7 Å². The second kappa shape index (κ2) is 4.09. The molecule has 1 aromatic carbocycles.